The van der Waals surface area contributed by atoms with Crippen LogP contribution in [-0.2, 0) is 4.79 Å². The fourth-order valence-corrected chi connectivity index (χ4v) is 2.81. The van der Waals surface area contributed by atoms with Crippen molar-refractivity contribution in [3.8, 4) is 5.75 Å². The van der Waals surface area contributed by atoms with E-state index in [1.807, 2.05) is 31.2 Å². The summed E-state index contributed by atoms with van der Waals surface area (Å²) < 4.78 is 5.86. The van der Waals surface area contributed by atoms with Gasteiger partial charge in [0.2, 0.25) is 0 Å². The molecule has 5 heteroatoms. The topological polar surface area (TPSA) is 46.6 Å². The van der Waals surface area contributed by atoms with Crippen LogP contribution in [0.1, 0.15) is 32.8 Å². The van der Waals surface area contributed by atoms with Gasteiger partial charge in [0, 0.05) is 12.1 Å². The molecule has 0 spiro atoms. The first-order valence-corrected chi connectivity index (χ1v) is 7.89. The van der Waals surface area contributed by atoms with Crippen LogP contribution in [-0.4, -0.2) is 28.7 Å². The Kier molecular flexibility index (Phi) is 5.07. The molecule has 1 aliphatic heterocycles. The van der Waals surface area contributed by atoms with Crippen LogP contribution in [0.15, 0.2) is 29.2 Å². The minimum absolute atomic E-state index is 0.102. The maximum absolute atomic E-state index is 12.1. The first-order valence-electron chi connectivity index (χ1n) is 7.07. The molecule has 4 nitrogen and oxygen atoms in total. The molecule has 21 heavy (non-hydrogen) atoms. The number of amides is 2. The third-order valence-corrected chi connectivity index (χ3v) is 4.21. The van der Waals surface area contributed by atoms with Crippen molar-refractivity contribution in [3.05, 3.63) is 34.7 Å². The summed E-state index contributed by atoms with van der Waals surface area (Å²) in [5.41, 5.74) is 0.819. The molecule has 1 atom stereocenters. The van der Waals surface area contributed by atoms with E-state index in [1.165, 1.54) is 4.90 Å². The summed E-state index contributed by atoms with van der Waals surface area (Å²) in [6.07, 6.45) is 2.74. The number of nitrogens with zero attached hydrogens (tertiary/aromatic N) is 1. The predicted molar refractivity (Wildman–Crippen MR) is 85.2 cm³/mol. The highest BCUT2D eigenvalue weighted by molar-refractivity contribution is 8.18. The maximum Gasteiger partial charge on any atom is 0.293 e. The average molecular weight is 305 g/mol. The summed E-state index contributed by atoms with van der Waals surface area (Å²) in [4.78, 5) is 25.5. The van der Waals surface area contributed by atoms with Crippen molar-refractivity contribution in [1.29, 1.82) is 0 Å². The number of likely N-dealkylation sites (N-methyl/N-ethyl adjacent to an activating group) is 1. The zero-order chi connectivity index (χ0) is 15.4. The Morgan fingerprint density at radius 3 is 2.62 bits per heavy atom. The number of hydrogen-bond acceptors (Lipinski definition) is 4. The SMILES string of the molecule is CC[C@@H](C)Oc1ccccc1/C=C1/SC(=O)N(CC)C1=O. The summed E-state index contributed by atoms with van der Waals surface area (Å²) in [6.45, 7) is 6.24. The van der Waals surface area contributed by atoms with E-state index in [-0.39, 0.29) is 17.3 Å². The number of hydrogen-bond donors (Lipinski definition) is 0. The molecule has 1 fully saturated rings. The van der Waals surface area contributed by atoms with Crippen molar-refractivity contribution in [3.63, 3.8) is 0 Å². The van der Waals surface area contributed by atoms with E-state index >= 15 is 0 Å². The van der Waals surface area contributed by atoms with Gasteiger partial charge in [-0.05, 0) is 44.2 Å². The lowest BCUT2D eigenvalue weighted by molar-refractivity contribution is -0.122. The van der Waals surface area contributed by atoms with Crippen molar-refractivity contribution in [2.75, 3.05) is 6.54 Å². The second-order valence-electron chi connectivity index (χ2n) is 4.80. The highest BCUT2D eigenvalue weighted by Gasteiger charge is 2.33. The number of carbonyl (C=O) groups is 2. The Hall–Kier alpha value is -1.75. The molecule has 0 radical (unpaired) electrons. The average Bonchev–Trinajstić information content (AvgIpc) is 2.74. The van der Waals surface area contributed by atoms with Gasteiger partial charge in [-0.3, -0.25) is 14.5 Å². The van der Waals surface area contributed by atoms with Crippen molar-refractivity contribution in [2.45, 2.75) is 33.3 Å². The first-order chi connectivity index (χ1) is 10.1. The van der Waals surface area contributed by atoms with Crippen LogP contribution in [0.3, 0.4) is 0 Å². The molecular weight excluding hydrogens is 286 g/mol. The van der Waals surface area contributed by atoms with Gasteiger partial charge in [-0.25, -0.2) is 0 Å². The number of benzene rings is 1. The molecule has 0 unspecified atom stereocenters. The van der Waals surface area contributed by atoms with E-state index in [0.717, 1.165) is 29.5 Å². The van der Waals surface area contributed by atoms with Gasteiger partial charge in [-0.1, -0.05) is 25.1 Å². The molecule has 0 saturated carbocycles. The van der Waals surface area contributed by atoms with E-state index < -0.39 is 0 Å². The summed E-state index contributed by atoms with van der Waals surface area (Å²) in [6, 6.07) is 7.55. The lowest BCUT2D eigenvalue weighted by Gasteiger charge is -2.14. The molecule has 112 valence electrons. The number of thioether (sulfide) groups is 1. The van der Waals surface area contributed by atoms with Gasteiger partial charge >= 0.3 is 0 Å². The van der Waals surface area contributed by atoms with Crippen LogP contribution in [0.2, 0.25) is 0 Å². The van der Waals surface area contributed by atoms with Gasteiger partial charge in [-0.15, -0.1) is 0 Å². The number of carbonyl (C=O) groups excluding carboxylic acids is 2. The fraction of sp³-hybridized carbons (Fsp3) is 0.375. The normalized spacial score (nSPS) is 18.4. The van der Waals surface area contributed by atoms with Gasteiger partial charge in [0.05, 0.1) is 11.0 Å². The number of imide groups is 1. The largest absolute Gasteiger partial charge is 0.490 e. The van der Waals surface area contributed by atoms with Crippen molar-refractivity contribution >= 4 is 29.0 Å². The highest BCUT2D eigenvalue weighted by atomic mass is 32.2. The van der Waals surface area contributed by atoms with Gasteiger partial charge in [0.15, 0.2) is 0 Å². The van der Waals surface area contributed by atoms with E-state index in [9.17, 15) is 9.59 Å². The molecule has 0 aliphatic carbocycles. The molecule has 1 heterocycles. The molecule has 0 N–H and O–H groups in total. The number of rotatable bonds is 5. The van der Waals surface area contributed by atoms with Crippen molar-refractivity contribution < 1.29 is 14.3 Å². The Balaban J connectivity index is 2.29. The van der Waals surface area contributed by atoms with E-state index in [4.69, 9.17) is 4.74 Å². The van der Waals surface area contributed by atoms with Crippen LogP contribution >= 0.6 is 11.8 Å². The highest BCUT2D eigenvalue weighted by Crippen LogP contribution is 2.33. The fourth-order valence-electron chi connectivity index (χ4n) is 1.92. The zero-order valence-electron chi connectivity index (χ0n) is 12.5. The molecule has 0 aromatic heterocycles. The van der Waals surface area contributed by atoms with Crippen LogP contribution in [0.25, 0.3) is 6.08 Å². The third-order valence-electron chi connectivity index (χ3n) is 3.30. The van der Waals surface area contributed by atoms with Gasteiger partial charge in [0.25, 0.3) is 11.1 Å². The molecule has 1 saturated heterocycles. The minimum atomic E-state index is -0.231. The molecule has 2 rings (SSSR count). The van der Waals surface area contributed by atoms with Crippen LogP contribution in [0.5, 0.6) is 5.75 Å². The summed E-state index contributed by atoms with van der Waals surface area (Å²) >= 11 is 0.978. The smallest absolute Gasteiger partial charge is 0.293 e. The standard InChI is InChI=1S/C16H19NO3S/c1-4-11(3)20-13-9-7-6-8-12(13)10-14-15(18)17(5-2)16(19)21-14/h6-11H,4-5H2,1-3H3/b14-10+/t11-/m1/s1. The molecule has 1 aromatic rings. The molecular formula is C16H19NO3S. The zero-order valence-corrected chi connectivity index (χ0v) is 13.3. The molecule has 1 aliphatic rings. The van der Waals surface area contributed by atoms with Crippen molar-refractivity contribution in [2.24, 2.45) is 0 Å². The second kappa shape index (κ2) is 6.80. The summed E-state index contributed by atoms with van der Waals surface area (Å²) in [5.74, 6) is 0.501. The lowest BCUT2D eigenvalue weighted by atomic mass is 10.1. The molecule has 2 amide bonds. The van der Waals surface area contributed by atoms with Crippen LogP contribution in [0, 0.1) is 0 Å². The second-order valence-corrected chi connectivity index (χ2v) is 5.79. The third kappa shape index (κ3) is 3.47. The Labute approximate surface area is 129 Å². The van der Waals surface area contributed by atoms with E-state index in [0.29, 0.717) is 11.4 Å². The van der Waals surface area contributed by atoms with E-state index in [2.05, 4.69) is 6.92 Å². The van der Waals surface area contributed by atoms with Crippen molar-refractivity contribution in [1.82, 2.24) is 4.90 Å². The quantitative estimate of drug-likeness (QED) is 0.774. The Morgan fingerprint density at radius 2 is 2.00 bits per heavy atom. The maximum atomic E-state index is 12.1. The van der Waals surface area contributed by atoms with E-state index in [1.54, 1.807) is 13.0 Å². The molecule has 1 aromatic carbocycles. The lowest BCUT2D eigenvalue weighted by Crippen LogP contribution is -2.27. The monoisotopic (exact) mass is 305 g/mol. The van der Waals surface area contributed by atoms with Gasteiger partial charge in [0.1, 0.15) is 5.75 Å². The summed E-state index contributed by atoms with van der Waals surface area (Å²) in [5, 5.41) is -0.214. The Morgan fingerprint density at radius 1 is 1.29 bits per heavy atom. The van der Waals surface area contributed by atoms with Crippen LogP contribution in [0.4, 0.5) is 4.79 Å². The van der Waals surface area contributed by atoms with Gasteiger partial charge in [-0.2, -0.15) is 0 Å². The molecule has 0 bridgehead atoms. The minimum Gasteiger partial charge on any atom is -0.490 e. The Bertz CT molecular complexity index is 583. The number of ether oxygens (including phenoxy) is 1. The van der Waals surface area contributed by atoms with Crippen LogP contribution < -0.4 is 4.74 Å². The first kappa shape index (κ1) is 15.6. The van der Waals surface area contributed by atoms with Gasteiger partial charge < -0.3 is 4.74 Å². The number of para-hydroxylation sites is 1. The summed E-state index contributed by atoms with van der Waals surface area (Å²) in [7, 11) is 0. The predicted octanol–water partition coefficient (Wildman–Crippen LogP) is 3.92.